The van der Waals surface area contributed by atoms with Gasteiger partial charge in [-0.05, 0) is 12.8 Å². The van der Waals surface area contributed by atoms with Crippen molar-refractivity contribution in [2.45, 2.75) is 31.3 Å². The van der Waals surface area contributed by atoms with E-state index in [9.17, 15) is 0 Å². The van der Waals surface area contributed by atoms with Crippen LogP contribution < -0.4 is 5.32 Å². The third kappa shape index (κ3) is 2.75. The molecule has 1 unspecified atom stereocenters. The van der Waals surface area contributed by atoms with Gasteiger partial charge in [0.25, 0.3) is 0 Å². The van der Waals surface area contributed by atoms with Gasteiger partial charge in [-0.2, -0.15) is 0 Å². The fourth-order valence-corrected chi connectivity index (χ4v) is 3.99. The van der Waals surface area contributed by atoms with Gasteiger partial charge in [0, 0.05) is 56.9 Å². The summed E-state index contributed by atoms with van der Waals surface area (Å²) in [4.78, 5) is 11.9. The lowest BCUT2D eigenvalue weighted by atomic mass is 10.1. The molecule has 3 heterocycles. The highest BCUT2D eigenvalue weighted by Gasteiger charge is 2.29. The molecule has 1 saturated carbocycles. The van der Waals surface area contributed by atoms with Crippen molar-refractivity contribution in [3.63, 3.8) is 0 Å². The average Bonchev–Trinajstić information content (AvgIpc) is 3.10. The Kier molecular flexibility index (Phi) is 3.52. The number of nitrogens with one attached hydrogen (secondary N) is 1. The molecule has 0 amide bonds. The summed E-state index contributed by atoms with van der Waals surface area (Å²) in [7, 11) is 2.07. The lowest BCUT2D eigenvalue weighted by Crippen LogP contribution is -2.46. The zero-order chi connectivity index (χ0) is 14.2. The molecule has 21 heavy (non-hydrogen) atoms. The maximum atomic E-state index is 4.83. The quantitative estimate of drug-likeness (QED) is 0.937. The van der Waals surface area contributed by atoms with E-state index in [1.165, 1.54) is 23.5 Å². The van der Waals surface area contributed by atoms with E-state index in [1.54, 1.807) is 0 Å². The SMILES string of the molecule is Cn1ccnc1C1CNCCN1Cc1csc(C2CC2)n1. The van der Waals surface area contributed by atoms with Gasteiger partial charge in [0.2, 0.25) is 0 Å². The van der Waals surface area contributed by atoms with E-state index in [0.717, 1.165) is 37.9 Å². The molecule has 1 N–H and O–H groups in total. The summed E-state index contributed by atoms with van der Waals surface area (Å²) >= 11 is 1.84. The predicted molar refractivity (Wildman–Crippen MR) is 83.3 cm³/mol. The maximum Gasteiger partial charge on any atom is 0.127 e. The number of hydrogen-bond donors (Lipinski definition) is 1. The van der Waals surface area contributed by atoms with Gasteiger partial charge in [-0.3, -0.25) is 4.90 Å². The van der Waals surface area contributed by atoms with Gasteiger partial charge in [0.1, 0.15) is 5.82 Å². The third-order valence-electron chi connectivity index (χ3n) is 4.37. The topological polar surface area (TPSA) is 46.0 Å². The first kappa shape index (κ1) is 13.4. The monoisotopic (exact) mass is 303 g/mol. The van der Waals surface area contributed by atoms with Crippen molar-refractivity contribution < 1.29 is 0 Å². The first-order chi connectivity index (χ1) is 10.3. The van der Waals surface area contributed by atoms with Crippen LogP contribution in [0.4, 0.5) is 0 Å². The molecule has 1 aliphatic heterocycles. The average molecular weight is 303 g/mol. The second kappa shape index (κ2) is 5.51. The number of hydrogen-bond acceptors (Lipinski definition) is 5. The van der Waals surface area contributed by atoms with Gasteiger partial charge in [-0.1, -0.05) is 0 Å². The van der Waals surface area contributed by atoms with Crippen molar-refractivity contribution in [1.29, 1.82) is 0 Å². The van der Waals surface area contributed by atoms with Gasteiger partial charge in [-0.15, -0.1) is 11.3 Å². The molecule has 0 spiro atoms. The Morgan fingerprint density at radius 3 is 3.10 bits per heavy atom. The molecule has 2 aromatic heterocycles. The molecule has 0 bridgehead atoms. The van der Waals surface area contributed by atoms with Crippen molar-refractivity contribution >= 4 is 11.3 Å². The van der Waals surface area contributed by atoms with Crippen LogP contribution in [0.1, 0.15) is 41.3 Å². The number of piperazine rings is 1. The van der Waals surface area contributed by atoms with E-state index in [4.69, 9.17) is 4.98 Å². The number of thiazole rings is 1. The molecule has 1 aliphatic carbocycles. The first-order valence-electron chi connectivity index (χ1n) is 7.67. The molecule has 2 fully saturated rings. The highest BCUT2D eigenvalue weighted by Crippen LogP contribution is 2.41. The Morgan fingerprint density at radius 2 is 2.33 bits per heavy atom. The molecule has 0 aromatic carbocycles. The van der Waals surface area contributed by atoms with Crippen LogP contribution in [-0.2, 0) is 13.6 Å². The van der Waals surface area contributed by atoms with E-state index in [1.807, 2.05) is 23.7 Å². The van der Waals surface area contributed by atoms with Crippen molar-refractivity contribution in [3.05, 3.63) is 34.3 Å². The maximum absolute atomic E-state index is 4.83. The minimum atomic E-state index is 0.338. The van der Waals surface area contributed by atoms with E-state index in [2.05, 4.69) is 32.2 Å². The second-order valence-electron chi connectivity index (χ2n) is 6.04. The van der Waals surface area contributed by atoms with E-state index in [-0.39, 0.29) is 0 Å². The summed E-state index contributed by atoms with van der Waals surface area (Å²) in [6.07, 6.45) is 6.57. The Hall–Kier alpha value is -1.24. The lowest BCUT2D eigenvalue weighted by molar-refractivity contribution is 0.143. The van der Waals surface area contributed by atoms with Crippen LogP contribution in [0, 0.1) is 0 Å². The molecule has 1 atom stereocenters. The Labute approximate surface area is 129 Å². The van der Waals surface area contributed by atoms with Gasteiger partial charge < -0.3 is 9.88 Å². The van der Waals surface area contributed by atoms with Crippen molar-refractivity contribution in [3.8, 4) is 0 Å². The molecule has 0 radical (unpaired) electrons. The van der Waals surface area contributed by atoms with Crippen molar-refractivity contribution in [1.82, 2.24) is 24.8 Å². The van der Waals surface area contributed by atoms with Crippen molar-refractivity contribution in [2.24, 2.45) is 7.05 Å². The van der Waals surface area contributed by atoms with Gasteiger partial charge >= 0.3 is 0 Å². The Bertz CT molecular complexity index is 615. The number of nitrogens with zero attached hydrogens (tertiary/aromatic N) is 4. The van der Waals surface area contributed by atoms with Gasteiger partial charge in [0.15, 0.2) is 0 Å². The summed E-state index contributed by atoms with van der Waals surface area (Å²) in [5.74, 6) is 1.90. The van der Waals surface area contributed by atoms with Crippen LogP contribution in [0.5, 0.6) is 0 Å². The fraction of sp³-hybridized carbons (Fsp3) is 0.600. The minimum absolute atomic E-state index is 0.338. The molecule has 2 aliphatic rings. The normalized spacial score (nSPS) is 23.6. The summed E-state index contributed by atoms with van der Waals surface area (Å²) in [6.45, 7) is 3.99. The number of aromatic nitrogens is 3. The second-order valence-corrected chi connectivity index (χ2v) is 6.93. The number of aryl methyl sites for hydroxylation is 1. The van der Waals surface area contributed by atoms with Crippen LogP contribution in [0.25, 0.3) is 0 Å². The predicted octanol–water partition coefficient (Wildman–Crippen LogP) is 1.90. The van der Waals surface area contributed by atoms with Crippen molar-refractivity contribution in [2.75, 3.05) is 19.6 Å². The molecule has 1 saturated heterocycles. The molecular formula is C15H21N5S. The summed E-state index contributed by atoms with van der Waals surface area (Å²) in [6, 6.07) is 0.338. The molecule has 112 valence electrons. The largest absolute Gasteiger partial charge is 0.337 e. The fourth-order valence-electron chi connectivity index (χ4n) is 3.01. The highest BCUT2D eigenvalue weighted by molar-refractivity contribution is 7.09. The minimum Gasteiger partial charge on any atom is -0.337 e. The zero-order valence-electron chi connectivity index (χ0n) is 12.3. The molecule has 2 aromatic rings. The standard InChI is InChI=1S/C15H21N5S/c1-19-6-5-17-14(19)13-8-16-4-7-20(13)9-12-10-21-15(18-12)11-2-3-11/h5-6,10-11,13,16H,2-4,7-9H2,1H3. The molecule has 6 heteroatoms. The van der Waals surface area contributed by atoms with Gasteiger partial charge in [0.05, 0.1) is 16.7 Å². The summed E-state index contributed by atoms with van der Waals surface area (Å²) < 4.78 is 2.13. The highest BCUT2D eigenvalue weighted by atomic mass is 32.1. The van der Waals surface area contributed by atoms with E-state index >= 15 is 0 Å². The lowest BCUT2D eigenvalue weighted by Gasteiger charge is -2.35. The van der Waals surface area contributed by atoms with E-state index < -0.39 is 0 Å². The Balaban J connectivity index is 1.52. The van der Waals surface area contributed by atoms with Crippen LogP contribution in [0.2, 0.25) is 0 Å². The van der Waals surface area contributed by atoms with Crippen LogP contribution >= 0.6 is 11.3 Å². The summed E-state index contributed by atoms with van der Waals surface area (Å²) in [5.41, 5.74) is 1.23. The molecule has 4 rings (SSSR count). The number of rotatable bonds is 4. The Morgan fingerprint density at radius 1 is 1.43 bits per heavy atom. The number of imidazole rings is 1. The summed E-state index contributed by atoms with van der Waals surface area (Å²) in [5, 5.41) is 7.07. The molecular weight excluding hydrogens is 282 g/mol. The smallest absolute Gasteiger partial charge is 0.127 e. The molecule has 5 nitrogen and oxygen atoms in total. The van der Waals surface area contributed by atoms with Crippen LogP contribution in [-0.4, -0.2) is 39.1 Å². The third-order valence-corrected chi connectivity index (χ3v) is 5.43. The van der Waals surface area contributed by atoms with Crippen LogP contribution in [0.15, 0.2) is 17.8 Å². The first-order valence-corrected chi connectivity index (χ1v) is 8.55. The zero-order valence-corrected chi connectivity index (χ0v) is 13.1. The van der Waals surface area contributed by atoms with E-state index in [0.29, 0.717) is 6.04 Å². The van der Waals surface area contributed by atoms with Crippen LogP contribution in [0.3, 0.4) is 0 Å². The van der Waals surface area contributed by atoms with Gasteiger partial charge in [-0.25, -0.2) is 9.97 Å².